The molecule has 2 aromatic rings. The van der Waals surface area contributed by atoms with Gasteiger partial charge in [-0.05, 0) is 29.9 Å². The van der Waals surface area contributed by atoms with Gasteiger partial charge in [-0.3, -0.25) is 4.68 Å². The number of ether oxygens (including phenoxy) is 1. The van der Waals surface area contributed by atoms with Crippen molar-refractivity contribution in [1.29, 1.82) is 0 Å². The Bertz CT molecular complexity index is 648. The number of methoxy groups -OCH3 is 1. The lowest BCUT2D eigenvalue weighted by atomic mass is 10.2. The third-order valence-electron chi connectivity index (χ3n) is 2.80. The molecule has 0 saturated heterocycles. The second-order valence-electron chi connectivity index (χ2n) is 4.52. The monoisotopic (exact) mass is 358 g/mol. The molecule has 118 valence electrons. The molecule has 1 aromatic carbocycles. The summed E-state index contributed by atoms with van der Waals surface area (Å²) >= 11 is 17.1. The fraction of sp³-hybridized carbons (Fsp3) is 0.286. The quantitative estimate of drug-likeness (QED) is 0.613. The molecule has 0 aliphatic heterocycles. The minimum absolute atomic E-state index is 0.511. The fourth-order valence-corrected chi connectivity index (χ4v) is 2.30. The largest absolute Gasteiger partial charge is 0.383 e. The van der Waals surface area contributed by atoms with Crippen LogP contribution in [-0.4, -0.2) is 35.2 Å². The summed E-state index contributed by atoms with van der Waals surface area (Å²) < 4.78 is 6.73. The molecule has 22 heavy (non-hydrogen) atoms. The van der Waals surface area contributed by atoms with Gasteiger partial charge in [0.1, 0.15) is 0 Å². The Morgan fingerprint density at radius 1 is 1.32 bits per heavy atom. The predicted molar refractivity (Wildman–Crippen MR) is 93.9 cm³/mol. The number of aromatic nitrogens is 2. The molecule has 5 nitrogen and oxygen atoms in total. The van der Waals surface area contributed by atoms with Crippen LogP contribution in [0.3, 0.4) is 0 Å². The Hall–Kier alpha value is -1.34. The van der Waals surface area contributed by atoms with Crippen molar-refractivity contribution >= 4 is 46.4 Å². The molecule has 0 aliphatic carbocycles. The van der Waals surface area contributed by atoms with E-state index in [0.29, 0.717) is 40.7 Å². The van der Waals surface area contributed by atoms with Gasteiger partial charge < -0.3 is 15.4 Å². The van der Waals surface area contributed by atoms with Crippen molar-refractivity contribution in [3.63, 3.8) is 0 Å². The third-order valence-corrected chi connectivity index (χ3v) is 3.79. The minimum Gasteiger partial charge on any atom is -0.383 e. The number of thiocarbonyl (C=S) groups is 1. The van der Waals surface area contributed by atoms with Crippen LogP contribution in [0.4, 0.5) is 5.82 Å². The van der Waals surface area contributed by atoms with E-state index in [2.05, 4.69) is 15.7 Å². The number of nitrogens with one attached hydrogen (secondary N) is 2. The molecule has 2 N–H and O–H groups in total. The molecule has 1 heterocycles. The molecule has 8 heteroatoms. The molecular weight excluding hydrogens is 343 g/mol. The van der Waals surface area contributed by atoms with Crippen molar-refractivity contribution in [3.8, 4) is 0 Å². The minimum atomic E-state index is 0.511. The zero-order valence-corrected chi connectivity index (χ0v) is 14.3. The normalized spacial score (nSPS) is 10.5. The van der Waals surface area contributed by atoms with Crippen LogP contribution in [0.1, 0.15) is 5.56 Å². The molecule has 0 unspecified atom stereocenters. The molecule has 0 bridgehead atoms. The van der Waals surface area contributed by atoms with E-state index in [9.17, 15) is 0 Å². The van der Waals surface area contributed by atoms with Crippen LogP contribution in [0.25, 0.3) is 0 Å². The molecular formula is C14H16Cl2N4OS. The molecule has 0 saturated carbocycles. The maximum absolute atomic E-state index is 6.00. The molecule has 0 aliphatic rings. The van der Waals surface area contributed by atoms with Crippen LogP contribution >= 0.6 is 35.4 Å². The van der Waals surface area contributed by atoms with Crippen molar-refractivity contribution in [2.75, 3.05) is 25.6 Å². The van der Waals surface area contributed by atoms with Crippen LogP contribution < -0.4 is 10.6 Å². The second kappa shape index (κ2) is 8.33. The van der Waals surface area contributed by atoms with Gasteiger partial charge in [0.05, 0.1) is 23.2 Å². The Labute approximate surface area is 144 Å². The molecule has 0 spiro atoms. The summed E-state index contributed by atoms with van der Waals surface area (Å²) in [7, 11) is 1.64. The maximum Gasteiger partial charge on any atom is 0.172 e. The topological polar surface area (TPSA) is 51.1 Å². The number of rotatable bonds is 6. The predicted octanol–water partition coefficient (Wildman–Crippen LogP) is 3.17. The van der Waals surface area contributed by atoms with Crippen molar-refractivity contribution in [2.24, 2.45) is 0 Å². The van der Waals surface area contributed by atoms with Crippen LogP contribution in [-0.2, 0) is 11.3 Å². The first-order valence-corrected chi connectivity index (χ1v) is 7.76. The van der Waals surface area contributed by atoms with E-state index in [1.165, 1.54) is 0 Å². The molecule has 2 rings (SSSR count). The summed E-state index contributed by atoms with van der Waals surface area (Å²) in [6, 6.07) is 7.37. The first kappa shape index (κ1) is 17.0. The highest BCUT2D eigenvalue weighted by atomic mass is 35.5. The summed E-state index contributed by atoms with van der Waals surface area (Å²) in [5.41, 5.74) is 1.02. The molecule has 0 atom stereocenters. The fourth-order valence-electron chi connectivity index (χ4n) is 1.77. The SMILES string of the molecule is COCCNC(=S)Nc1ccn(Cc2ccc(Cl)c(Cl)c2)n1. The first-order chi connectivity index (χ1) is 10.6. The number of hydrogen-bond donors (Lipinski definition) is 2. The zero-order valence-electron chi connectivity index (χ0n) is 12.0. The van der Waals surface area contributed by atoms with Gasteiger partial charge in [-0.25, -0.2) is 0 Å². The summed E-state index contributed by atoms with van der Waals surface area (Å²) in [5, 5.41) is 12.0. The highest BCUT2D eigenvalue weighted by molar-refractivity contribution is 7.80. The Kier molecular flexibility index (Phi) is 6.45. The van der Waals surface area contributed by atoms with Crippen LogP contribution in [0.15, 0.2) is 30.5 Å². The van der Waals surface area contributed by atoms with Crippen molar-refractivity contribution in [3.05, 3.63) is 46.1 Å². The Morgan fingerprint density at radius 2 is 2.14 bits per heavy atom. The Balaban J connectivity index is 1.90. The lowest BCUT2D eigenvalue weighted by Gasteiger charge is -2.07. The summed E-state index contributed by atoms with van der Waals surface area (Å²) in [5.74, 6) is 0.676. The summed E-state index contributed by atoms with van der Waals surface area (Å²) in [6.45, 7) is 1.84. The van der Waals surface area contributed by atoms with Gasteiger partial charge in [0.15, 0.2) is 10.9 Å². The molecule has 0 radical (unpaired) electrons. The standard InChI is InChI=1S/C14H16Cl2N4OS/c1-21-7-5-17-14(22)18-13-4-6-20(19-13)9-10-2-3-11(15)12(16)8-10/h2-4,6,8H,5,7,9H2,1H3,(H2,17,18,19,22). The van der Waals surface area contributed by atoms with Crippen LogP contribution in [0.5, 0.6) is 0 Å². The zero-order chi connectivity index (χ0) is 15.9. The number of anilines is 1. The first-order valence-electron chi connectivity index (χ1n) is 6.59. The van der Waals surface area contributed by atoms with Gasteiger partial charge in [-0.15, -0.1) is 0 Å². The molecule has 1 aromatic heterocycles. The molecule has 0 fully saturated rings. The van der Waals surface area contributed by atoms with Gasteiger partial charge in [-0.1, -0.05) is 29.3 Å². The van der Waals surface area contributed by atoms with Gasteiger partial charge >= 0.3 is 0 Å². The smallest absolute Gasteiger partial charge is 0.172 e. The average Bonchev–Trinajstić information content (AvgIpc) is 2.90. The number of halogens is 2. The lowest BCUT2D eigenvalue weighted by molar-refractivity contribution is 0.204. The van der Waals surface area contributed by atoms with Crippen LogP contribution in [0.2, 0.25) is 10.0 Å². The van der Waals surface area contributed by atoms with Gasteiger partial charge in [0.25, 0.3) is 0 Å². The highest BCUT2D eigenvalue weighted by Crippen LogP contribution is 2.23. The van der Waals surface area contributed by atoms with Gasteiger partial charge in [-0.2, -0.15) is 5.10 Å². The van der Waals surface area contributed by atoms with E-state index < -0.39 is 0 Å². The van der Waals surface area contributed by atoms with Crippen LogP contribution in [0, 0.1) is 0 Å². The van der Waals surface area contributed by atoms with Crippen molar-refractivity contribution in [1.82, 2.24) is 15.1 Å². The number of hydrogen-bond acceptors (Lipinski definition) is 3. The van der Waals surface area contributed by atoms with E-state index in [4.69, 9.17) is 40.2 Å². The van der Waals surface area contributed by atoms with Gasteiger partial charge in [0, 0.05) is 25.9 Å². The van der Waals surface area contributed by atoms with E-state index in [1.54, 1.807) is 17.9 Å². The lowest BCUT2D eigenvalue weighted by Crippen LogP contribution is -2.31. The summed E-state index contributed by atoms with van der Waals surface area (Å²) in [6.07, 6.45) is 1.86. The number of benzene rings is 1. The molecule has 0 amide bonds. The van der Waals surface area contributed by atoms with Gasteiger partial charge in [0.2, 0.25) is 0 Å². The number of nitrogens with zero attached hydrogens (tertiary/aromatic N) is 2. The van der Waals surface area contributed by atoms with Crippen molar-refractivity contribution in [2.45, 2.75) is 6.54 Å². The second-order valence-corrected chi connectivity index (χ2v) is 5.74. The summed E-state index contributed by atoms with van der Waals surface area (Å²) in [4.78, 5) is 0. The van der Waals surface area contributed by atoms with Crippen molar-refractivity contribution < 1.29 is 4.74 Å². The van der Waals surface area contributed by atoms with E-state index in [-0.39, 0.29) is 0 Å². The maximum atomic E-state index is 6.00. The van der Waals surface area contributed by atoms with E-state index in [1.807, 2.05) is 24.4 Å². The Morgan fingerprint density at radius 3 is 2.86 bits per heavy atom. The third kappa shape index (κ3) is 5.14. The average molecular weight is 359 g/mol. The highest BCUT2D eigenvalue weighted by Gasteiger charge is 2.04. The van der Waals surface area contributed by atoms with E-state index in [0.717, 1.165) is 5.56 Å². The van der Waals surface area contributed by atoms with E-state index >= 15 is 0 Å².